The zero-order valence-corrected chi connectivity index (χ0v) is 17.5. The molecule has 0 unspecified atom stereocenters. The molecule has 1 aliphatic heterocycles. The van der Waals surface area contributed by atoms with Gasteiger partial charge in [0.25, 0.3) is 11.8 Å². The Morgan fingerprint density at radius 1 is 0.793 bits per heavy atom. The molecule has 0 saturated carbocycles. The van der Waals surface area contributed by atoms with Crippen LogP contribution in [0.25, 0.3) is 0 Å². The highest BCUT2D eigenvalue weighted by Crippen LogP contribution is 2.18. The summed E-state index contributed by atoms with van der Waals surface area (Å²) in [5.74, 6) is 0.0776. The second-order valence-corrected chi connectivity index (χ2v) is 7.43. The fourth-order valence-corrected chi connectivity index (χ4v) is 3.69. The predicted molar refractivity (Wildman–Crippen MR) is 117 cm³/mol. The van der Waals surface area contributed by atoms with Gasteiger partial charge < -0.3 is 14.7 Å². The zero-order chi connectivity index (χ0) is 20.6. The summed E-state index contributed by atoms with van der Waals surface area (Å²) < 4.78 is 0. The molecule has 0 radical (unpaired) electrons. The van der Waals surface area contributed by atoms with Gasteiger partial charge in [0.1, 0.15) is 0 Å². The molecule has 1 heterocycles. The summed E-state index contributed by atoms with van der Waals surface area (Å²) in [7, 11) is 0. The molecule has 3 rings (SSSR count). The molecular weight excluding hydrogens is 362 g/mol. The average Bonchev–Trinajstić information content (AvgIpc) is 2.80. The summed E-state index contributed by atoms with van der Waals surface area (Å²) in [6.45, 7) is 8.62. The van der Waals surface area contributed by atoms with Crippen molar-refractivity contribution in [2.75, 3.05) is 44.2 Å². The van der Waals surface area contributed by atoms with Crippen molar-refractivity contribution in [1.29, 1.82) is 0 Å². The van der Waals surface area contributed by atoms with Crippen molar-refractivity contribution in [3.8, 4) is 0 Å². The number of carbonyl (C=O) groups excluding carboxylic acids is 2. The first-order chi connectivity index (χ1) is 14.1. The minimum absolute atomic E-state index is 0.0359. The summed E-state index contributed by atoms with van der Waals surface area (Å²) in [6.07, 6.45) is 2.34. The molecular formula is C24H31N3O2. The number of amides is 2. The lowest BCUT2D eigenvalue weighted by molar-refractivity contribution is 0.0535. The zero-order valence-electron chi connectivity index (χ0n) is 17.5. The van der Waals surface area contributed by atoms with Crippen LogP contribution < -0.4 is 4.90 Å². The van der Waals surface area contributed by atoms with E-state index in [4.69, 9.17) is 0 Å². The minimum Gasteiger partial charge on any atom is -0.372 e. The molecule has 0 bridgehead atoms. The number of piperazine rings is 1. The van der Waals surface area contributed by atoms with Crippen molar-refractivity contribution in [2.45, 2.75) is 26.7 Å². The lowest BCUT2D eigenvalue weighted by Gasteiger charge is -2.35. The average molecular weight is 394 g/mol. The quantitative estimate of drug-likeness (QED) is 0.716. The van der Waals surface area contributed by atoms with Gasteiger partial charge in [-0.25, -0.2) is 0 Å². The van der Waals surface area contributed by atoms with Gasteiger partial charge in [0.15, 0.2) is 0 Å². The first kappa shape index (κ1) is 20.9. The number of rotatable bonds is 7. The largest absolute Gasteiger partial charge is 0.372 e. The highest BCUT2D eigenvalue weighted by Gasteiger charge is 2.25. The Morgan fingerprint density at radius 2 is 1.31 bits per heavy atom. The third-order valence-electron chi connectivity index (χ3n) is 5.52. The number of unbranched alkanes of at least 4 members (excludes halogenated alkanes) is 1. The van der Waals surface area contributed by atoms with Gasteiger partial charge in [0, 0.05) is 56.1 Å². The van der Waals surface area contributed by atoms with E-state index in [0.29, 0.717) is 37.3 Å². The van der Waals surface area contributed by atoms with Crippen LogP contribution in [-0.4, -0.2) is 60.9 Å². The van der Waals surface area contributed by atoms with Crippen molar-refractivity contribution in [3.05, 3.63) is 65.7 Å². The first-order valence-corrected chi connectivity index (χ1v) is 10.6. The van der Waals surface area contributed by atoms with Crippen LogP contribution in [0.4, 0.5) is 5.69 Å². The van der Waals surface area contributed by atoms with E-state index >= 15 is 0 Å². The maximum absolute atomic E-state index is 12.9. The molecule has 1 aliphatic rings. The van der Waals surface area contributed by atoms with E-state index in [1.807, 2.05) is 64.4 Å². The molecule has 0 aromatic heterocycles. The highest BCUT2D eigenvalue weighted by molar-refractivity contribution is 5.96. The Balaban J connectivity index is 1.57. The van der Waals surface area contributed by atoms with Gasteiger partial charge in [-0.1, -0.05) is 31.5 Å². The van der Waals surface area contributed by atoms with Gasteiger partial charge in [-0.15, -0.1) is 0 Å². The maximum Gasteiger partial charge on any atom is 0.253 e. The molecule has 5 nitrogen and oxygen atoms in total. The molecule has 0 aliphatic carbocycles. The lowest BCUT2D eigenvalue weighted by atomic mass is 10.1. The van der Waals surface area contributed by atoms with E-state index in [2.05, 4.69) is 18.7 Å². The number of hydrogen-bond acceptors (Lipinski definition) is 3. The van der Waals surface area contributed by atoms with Crippen LogP contribution in [0, 0.1) is 0 Å². The maximum atomic E-state index is 12.9. The van der Waals surface area contributed by atoms with E-state index in [1.165, 1.54) is 12.8 Å². The fourth-order valence-electron chi connectivity index (χ4n) is 3.69. The van der Waals surface area contributed by atoms with Crippen LogP contribution in [0.3, 0.4) is 0 Å². The Hall–Kier alpha value is -2.82. The Bertz CT molecular complexity index is 797. The van der Waals surface area contributed by atoms with Crippen LogP contribution in [0.2, 0.25) is 0 Å². The van der Waals surface area contributed by atoms with E-state index in [9.17, 15) is 9.59 Å². The van der Waals surface area contributed by atoms with Crippen LogP contribution in [0.5, 0.6) is 0 Å². The van der Waals surface area contributed by atoms with Crippen LogP contribution in [0.15, 0.2) is 54.6 Å². The summed E-state index contributed by atoms with van der Waals surface area (Å²) in [5, 5.41) is 0. The molecule has 0 N–H and O–H groups in total. The molecule has 2 aromatic carbocycles. The molecule has 154 valence electrons. The van der Waals surface area contributed by atoms with Gasteiger partial charge in [0.05, 0.1) is 0 Å². The minimum atomic E-state index is 0.0359. The van der Waals surface area contributed by atoms with Crippen LogP contribution >= 0.6 is 0 Å². The smallest absolute Gasteiger partial charge is 0.253 e. The second kappa shape index (κ2) is 10.1. The summed E-state index contributed by atoms with van der Waals surface area (Å²) in [6, 6.07) is 17.3. The van der Waals surface area contributed by atoms with Gasteiger partial charge in [-0.2, -0.15) is 0 Å². The first-order valence-electron chi connectivity index (χ1n) is 10.6. The molecule has 29 heavy (non-hydrogen) atoms. The summed E-state index contributed by atoms with van der Waals surface area (Å²) >= 11 is 0. The van der Waals surface area contributed by atoms with E-state index in [-0.39, 0.29) is 11.8 Å². The van der Waals surface area contributed by atoms with Crippen LogP contribution in [0.1, 0.15) is 47.4 Å². The van der Waals surface area contributed by atoms with E-state index < -0.39 is 0 Å². The van der Waals surface area contributed by atoms with Crippen molar-refractivity contribution >= 4 is 17.5 Å². The fraction of sp³-hybridized carbons (Fsp3) is 0.417. The standard InChI is InChI=1S/C24H31N3O2/c1-3-5-15-25(4-2)22-13-11-21(12-14-22)24(29)27-18-16-26(17-19-27)23(28)20-9-7-6-8-10-20/h6-14H,3-5,15-19H2,1-2H3. The third-order valence-corrected chi connectivity index (χ3v) is 5.52. The predicted octanol–water partition coefficient (Wildman–Crippen LogP) is 3.91. The van der Waals surface area contributed by atoms with E-state index in [0.717, 1.165) is 18.8 Å². The number of hydrogen-bond donors (Lipinski definition) is 0. The molecule has 0 atom stereocenters. The normalized spacial score (nSPS) is 14.0. The SMILES string of the molecule is CCCCN(CC)c1ccc(C(=O)N2CCN(C(=O)c3ccccc3)CC2)cc1. The lowest BCUT2D eigenvalue weighted by Crippen LogP contribution is -2.50. The van der Waals surface area contributed by atoms with Crippen molar-refractivity contribution < 1.29 is 9.59 Å². The monoisotopic (exact) mass is 393 g/mol. The Kier molecular flexibility index (Phi) is 7.28. The molecule has 2 aromatic rings. The molecule has 2 amide bonds. The Morgan fingerprint density at radius 3 is 1.79 bits per heavy atom. The Labute approximate surface area is 173 Å². The van der Waals surface area contributed by atoms with Gasteiger partial charge in [-0.05, 0) is 49.7 Å². The molecule has 5 heteroatoms. The molecule has 1 saturated heterocycles. The van der Waals surface area contributed by atoms with Crippen molar-refractivity contribution in [1.82, 2.24) is 9.80 Å². The van der Waals surface area contributed by atoms with Crippen molar-refractivity contribution in [2.24, 2.45) is 0 Å². The molecule has 0 spiro atoms. The van der Waals surface area contributed by atoms with Gasteiger partial charge in [-0.3, -0.25) is 9.59 Å². The van der Waals surface area contributed by atoms with Crippen molar-refractivity contribution in [3.63, 3.8) is 0 Å². The number of carbonyl (C=O) groups is 2. The second-order valence-electron chi connectivity index (χ2n) is 7.43. The summed E-state index contributed by atoms with van der Waals surface area (Å²) in [5.41, 5.74) is 2.57. The van der Waals surface area contributed by atoms with Gasteiger partial charge in [0.2, 0.25) is 0 Å². The number of nitrogens with zero attached hydrogens (tertiary/aromatic N) is 3. The number of anilines is 1. The van der Waals surface area contributed by atoms with E-state index in [1.54, 1.807) is 0 Å². The summed E-state index contributed by atoms with van der Waals surface area (Å²) in [4.78, 5) is 31.5. The topological polar surface area (TPSA) is 43.9 Å². The molecule has 1 fully saturated rings. The highest BCUT2D eigenvalue weighted by atomic mass is 16.2. The third kappa shape index (κ3) is 5.17. The van der Waals surface area contributed by atoms with Gasteiger partial charge >= 0.3 is 0 Å². The van der Waals surface area contributed by atoms with Crippen LogP contribution in [-0.2, 0) is 0 Å². The number of benzene rings is 2.